The third kappa shape index (κ3) is 20.8. The molecule has 0 atom stereocenters. The van der Waals surface area contributed by atoms with Crippen LogP contribution in [0, 0.1) is 11.8 Å². The number of hydrogen-bond acceptors (Lipinski definition) is 3. The van der Waals surface area contributed by atoms with Crippen LogP contribution < -0.4 is 0 Å². The smallest absolute Gasteiger partial charge is 0.305 e. The summed E-state index contributed by atoms with van der Waals surface area (Å²) in [6, 6.07) is 0. The van der Waals surface area contributed by atoms with Crippen molar-refractivity contribution in [2.45, 2.75) is 60.3 Å². The van der Waals surface area contributed by atoms with Crippen molar-refractivity contribution in [3.05, 3.63) is 0 Å². The van der Waals surface area contributed by atoms with Gasteiger partial charge in [-0.15, -0.1) is 0 Å². The molecule has 0 N–H and O–H groups in total. The molecule has 18 heavy (non-hydrogen) atoms. The molecule has 0 amide bonds. The molecule has 0 heterocycles. The van der Waals surface area contributed by atoms with Crippen molar-refractivity contribution in [2.75, 3.05) is 20.3 Å². The van der Waals surface area contributed by atoms with Crippen molar-refractivity contribution < 1.29 is 14.3 Å². The van der Waals surface area contributed by atoms with E-state index in [1.165, 1.54) is 12.8 Å². The van der Waals surface area contributed by atoms with E-state index in [0.717, 1.165) is 18.9 Å². The molecule has 0 bridgehead atoms. The van der Waals surface area contributed by atoms with E-state index >= 15 is 0 Å². The summed E-state index contributed by atoms with van der Waals surface area (Å²) in [7, 11) is 1.75. The lowest BCUT2D eigenvalue weighted by Gasteiger charge is -2.03. The van der Waals surface area contributed by atoms with Crippen molar-refractivity contribution in [3.63, 3.8) is 0 Å². The minimum atomic E-state index is -0.0730. The Hall–Kier alpha value is -0.570. The van der Waals surface area contributed by atoms with Crippen molar-refractivity contribution in [2.24, 2.45) is 11.8 Å². The molecule has 3 nitrogen and oxygen atoms in total. The summed E-state index contributed by atoms with van der Waals surface area (Å²) in [6.07, 6.45) is 3.98. The standard InChI is InChI=1S/C8H16O2.C7H16O/c1-4-10-8(9)6-5-7(2)3;1-7(2)5-4-6-8-3/h7H,4-6H2,1-3H3;7H,4-6H2,1-3H3. The largest absolute Gasteiger partial charge is 0.466 e. The maximum atomic E-state index is 10.7. The molecule has 0 radical (unpaired) electrons. The second-order valence-electron chi connectivity index (χ2n) is 5.27. The number of ether oxygens (including phenoxy) is 2. The Balaban J connectivity index is 0. The van der Waals surface area contributed by atoms with Crippen LogP contribution in [-0.4, -0.2) is 26.3 Å². The van der Waals surface area contributed by atoms with Gasteiger partial charge in [0.15, 0.2) is 0 Å². The molecular weight excluding hydrogens is 228 g/mol. The molecule has 0 aliphatic rings. The second kappa shape index (κ2) is 14.5. The first-order chi connectivity index (χ1) is 8.43. The molecule has 0 saturated heterocycles. The van der Waals surface area contributed by atoms with Gasteiger partial charge in [0.25, 0.3) is 0 Å². The lowest BCUT2D eigenvalue weighted by molar-refractivity contribution is -0.143. The number of carbonyl (C=O) groups is 1. The van der Waals surface area contributed by atoms with Crippen LogP contribution in [0.3, 0.4) is 0 Å². The highest BCUT2D eigenvalue weighted by molar-refractivity contribution is 5.69. The number of hydrogen-bond donors (Lipinski definition) is 0. The number of esters is 1. The van der Waals surface area contributed by atoms with E-state index in [0.29, 0.717) is 18.9 Å². The summed E-state index contributed by atoms with van der Waals surface area (Å²) in [4.78, 5) is 10.7. The quantitative estimate of drug-likeness (QED) is 0.488. The van der Waals surface area contributed by atoms with Gasteiger partial charge in [-0.1, -0.05) is 27.7 Å². The molecule has 3 heteroatoms. The van der Waals surface area contributed by atoms with Crippen molar-refractivity contribution in [1.82, 2.24) is 0 Å². The molecule has 0 aromatic carbocycles. The van der Waals surface area contributed by atoms with Crippen LogP contribution in [-0.2, 0) is 14.3 Å². The average molecular weight is 260 g/mol. The first-order valence-corrected chi connectivity index (χ1v) is 7.08. The molecular formula is C15H32O3. The molecule has 0 saturated carbocycles. The van der Waals surface area contributed by atoms with Gasteiger partial charge in [0.2, 0.25) is 0 Å². The molecule has 0 unspecified atom stereocenters. The molecule has 0 aliphatic heterocycles. The van der Waals surface area contributed by atoms with Gasteiger partial charge in [-0.2, -0.15) is 0 Å². The fourth-order valence-corrected chi connectivity index (χ4v) is 1.28. The highest BCUT2D eigenvalue weighted by Crippen LogP contribution is 2.04. The van der Waals surface area contributed by atoms with Gasteiger partial charge in [-0.25, -0.2) is 0 Å². The Morgan fingerprint density at radius 1 is 1.06 bits per heavy atom. The van der Waals surface area contributed by atoms with Gasteiger partial charge in [-0.05, 0) is 38.0 Å². The van der Waals surface area contributed by atoms with E-state index in [-0.39, 0.29) is 5.97 Å². The molecule has 110 valence electrons. The van der Waals surface area contributed by atoms with E-state index in [1.807, 2.05) is 6.92 Å². The van der Waals surface area contributed by atoms with Crippen LogP contribution in [0.4, 0.5) is 0 Å². The summed E-state index contributed by atoms with van der Waals surface area (Å²) in [6.45, 7) is 11.9. The Labute approximate surface area is 113 Å². The maximum absolute atomic E-state index is 10.7. The lowest BCUT2D eigenvalue weighted by atomic mass is 10.1. The van der Waals surface area contributed by atoms with Gasteiger partial charge < -0.3 is 9.47 Å². The number of rotatable bonds is 8. The van der Waals surface area contributed by atoms with Crippen LogP contribution in [0.1, 0.15) is 60.3 Å². The topological polar surface area (TPSA) is 35.5 Å². The maximum Gasteiger partial charge on any atom is 0.305 e. The van der Waals surface area contributed by atoms with Crippen molar-refractivity contribution >= 4 is 5.97 Å². The van der Waals surface area contributed by atoms with E-state index in [4.69, 9.17) is 9.47 Å². The lowest BCUT2D eigenvalue weighted by Crippen LogP contribution is -2.04. The van der Waals surface area contributed by atoms with E-state index in [1.54, 1.807) is 7.11 Å². The van der Waals surface area contributed by atoms with E-state index < -0.39 is 0 Å². The number of methoxy groups -OCH3 is 1. The van der Waals surface area contributed by atoms with E-state index in [2.05, 4.69) is 27.7 Å². The summed E-state index contributed by atoms with van der Waals surface area (Å²) in [5, 5.41) is 0. The Bertz CT molecular complexity index is 177. The zero-order valence-corrected chi connectivity index (χ0v) is 13.1. The van der Waals surface area contributed by atoms with Crippen LogP contribution in [0.25, 0.3) is 0 Å². The highest BCUT2D eigenvalue weighted by atomic mass is 16.5. The zero-order chi connectivity index (χ0) is 14.4. The fraction of sp³-hybridized carbons (Fsp3) is 0.933. The third-order valence-electron chi connectivity index (χ3n) is 2.36. The minimum Gasteiger partial charge on any atom is -0.466 e. The van der Waals surface area contributed by atoms with Gasteiger partial charge in [0.1, 0.15) is 0 Å². The first-order valence-electron chi connectivity index (χ1n) is 7.08. The molecule has 0 aromatic heterocycles. The fourth-order valence-electron chi connectivity index (χ4n) is 1.28. The highest BCUT2D eigenvalue weighted by Gasteiger charge is 2.02. The molecule has 0 spiro atoms. The SMILES string of the molecule is CCOC(=O)CCC(C)C.COCCCC(C)C. The van der Waals surface area contributed by atoms with Gasteiger partial charge in [-0.3, -0.25) is 4.79 Å². The monoisotopic (exact) mass is 260 g/mol. The Morgan fingerprint density at radius 3 is 2.00 bits per heavy atom. The Morgan fingerprint density at radius 2 is 1.61 bits per heavy atom. The summed E-state index contributed by atoms with van der Waals surface area (Å²) < 4.78 is 9.65. The minimum absolute atomic E-state index is 0.0730. The zero-order valence-electron chi connectivity index (χ0n) is 13.1. The number of carbonyl (C=O) groups excluding carboxylic acids is 1. The van der Waals surface area contributed by atoms with Gasteiger partial charge >= 0.3 is 5.97 Å². The summed E-state index contributed by atoms with van der Waals surface area (Å²) in [5.74, 6) is 1.34. The first kappa shape index (κ1) is 19.8. The van der Waals surface area contributed by atoms with Crippen LogP contribution in [0.15, 0.2) is 0 Å². The predicted octanol–water partition coefficient (Wildman–Crippen LogP) is 4.05. The molecule has 0 aromatic rings. The van der Waals surface area contributed by atoms with Crippen LogP contribution >= 0.6 is 0 Å². The van der Waals surface area contributed by atoms with Gasteiger partial charge in [0, 0.05) is 20.1 Å². The second-order valence-corrected chi connectivity index (χ2v) is 5.27. The molecule has 0 fully saturated rings. The van der Waals surface area contributed by atoms with Crippen molar-refractivity contribution in [1.29, 1.82) is 0 Å². The summed E-state index contributed by atoms with van der Waals surface area (Å²) in [5.41, 5.74) is 0. The van der Waals surface area contributed by atoms with Crippen LogP contribution in [0.2, 0.25) is 0 Å². The van der Waals surface area contributed by atoms with Crippen molar-refractivity contribution in [3.8, 4) is 0 Å². The molecule has 0 rings (SSSR count). The third-order valence-corrected chi connectivity index (χ3v) is 2.36. The Kier molecular flexibility index (Phi) is 15.9. The normalized spacial score (nSPS) is 10.2. The summed E-state index contributed by atoms with van der Waals surface area (Å²) >= 11 is 0. The average Bonchev–Trinajstić information content (AvgIpc) is 2.28. The van der Waals surface area contributed by atoms with Crippen LogP contribution in [0.5, 0.6) is 0 Å². The van der Waals surface area contributed by atoms with E-state index in [9.17, 15) is 4.79 Å². The predicted molar refractivity (Wildman–Crippen MR) is 76.7 cm³/mol. The molecule has 0 aliphatic carbocycles. The van der Waals surface area contributed by atoms with Gasteiger partial charge in [0.05, 0.1) is 6.61 Å².